The van der Waals surface area contributed by atoms with Crippen LogP contribution in [0.15, 0.2) is 35.9 Å². The van der Waals surface area contributed by atoms with E-state index in [9.17, 15) is 26.4 Å². The number of hydrogen-bond acceptors (Lipinski definition) is 7. The summed E-state index contributed by atoms with van der Waals surface area (Å²) in [5.74, 6) is -0.798. The number of carbonyl (C=O) groups excluding carboxylic acids is 2. The maximum atomic E-state index is 12.6. The van der Waals surface area contributed by atoms with Crippen molar-refractivity contribution in [3.63, 3.8) is 0 Å². The average Bonchev–Trinajstić information content (AvgIpc) is 2.61. The number of hydroxylamine groups is 1. The van der Waals surface area contributed by atoms with Crippen molar-refractivity contribution in [2.24, 2.45) is 0 Å². The van der Waals surface area contributed by atoms with E-state index in [0.717, 1.165) is 12.5 Å². The van der Waals surface area contributed by atoms with E-state index >= 15 is 0 Å². The van der Waals surface area contributed by atoms with Crippen LogP contribution in [0, 0.1) is 0 Å². The zero-order valence-corrected chi connectivity index (χ0v) is 17.7. The molecule has 0 spiro atoms. The molecule has 0 aromatic heterocycles. The number of benzene rings is 1. The molecule has 29 heavy (non-hydrogen) atoms. The number of nitrogens with zero attached hydrogens (tertiary/aromatic N) is 2. The van der Waals surface area contributed by atoms with Gasteiger partial charge in [-0.3, -0.25) is 14.8 Å². The SMILES string of the molecule is CS(=O)(=O)N(c1ccc(CN2CCC=C(CCC(=O)NO)C2=O)cc1)S(C)(=O)=O. The second-order valence-corrected chi connectivity index (χ2v) is 10.6. The van der Waals surface area contributed by atoms with E-state index in [0.29, 0.717) is 27.8 Å². The van der Waals surface area contributed by atoms with Gasteiger partial charge in [-0.2, -0.15) is 3.71 Å². The maximum absolute atomic E-state index is 12.6. The lowest BCUT2D eigenvalue weighted by atomic mass is 10.0. The lowest BCUT2D eigenvalue weighted by Gasteiger charge is -2.27. The van der Waals surface area contributed by atoms with Crippen LogP contribution in [0.2, 0.25) is 0 Å². The molecule has 0 atom stereocenters. The van der Waals surface area contributed by atoms with E-state index in [2.05, 4.69) is 0 Å². The van der Waals surface area contributed by atoms with Crippen LogP contribution in [0.25, 0.3) is 0 Å². The predicted octanol–water partition coefficient (Wildman–Crippen LogP) is 0.357. The number of nitrogens with one attached hydrogen (secondary N) is 1. The van der Waals surface area contributed by atoms with Crippen molar-refractivity contribution in [3.05, 3.63) is 41.5 Å². The summed E-state index contributed by atoms with van der Waals surface area (Å²) < 4.78 is 47.7. The van der Waals surface area contributed by atoms with Crippen LogP contribution in [0.1, 0.15) is 24.8 Å². The number of carbonyl (C=O) groups is 2. The first-order chi connectivity index (χ1) is 13.4. The Bertz CT molecular complexity index is 984. The number of amides is 2. The van der Waals surface area contributed by atoms with E-state index in [-0.39, 0.29) is 31.0 Å². The fourth-order valence-electron chi connectivity index (χ4n) is 3.02. The second kappa shape index (κ2) is 8.93. The van der Waals surface area contributed by atoms with Crippen LogP contribution in [-0.4, -0.2) is 57.8 Å². The van der Waals surface area contributed by atoms with Gasteiger partial charge in [-0.05, 0) is 30.5 Å². The molecule has 160 valence electrons. The van der Waals surface area contributed by atoms with Crippen molar-refractivity contribution in [2.75, 3.05) is 22.8 Å². The number of anilines is 1. The predicted molar refractivity (Wildman–Crippen MR) is 106 cm³/mol. The third kappa shape index (κ3) is 6.02. The minimum Gasteiger partial charge on any atom is -0.334 e. The minimum absolute atomic E-state index is 0.0105. The largest absolute Gasteiger partial charge is 0.334 e. The van der Waals surface area contributed by atoms with E-state index in [1.165, 1.54) is 17.6 Å². The molecule has 0 aliphatic carbocycles. The van der Waals surface area contributed by atoms with Crippen molar-refractivity contribution < 1.29 is 31.6 Å². The fourth-order valence-corrected chi connectivity index (χ4v) is 6.00. The highest BCUT2D eigenvalue weighted by molar-refractivity contribution is 8.09. The molecule has 0 bridgehead atoms. The zero-order valence-electron chi connectivity index (χ0n) is 16.0. The van der Waals surface area contributed by atoms with Gasteiger partial charge in [0.1, 0.15) is 0 Å². The summed E-state index contributed by atoms with van der Waals surface area (Å²) in [4.78, 5) is 25.3. The molecule has 1 heterocycles. The summed E-state index contributed by atoms with van der Waals surface area (Å²) >= 11 is 0. The summed E-state index contributed by atoms with van der Waals surface area (Å²) in [5, 5.41) is 8.55. The molecule has 2 amide bonds. The maximum Gasteiger partial charge on any atom is 0.249 e. The summed E-state index contributed by atoms with van der Waals surface area (Å²) in [6, 6.07) is 5.86. The first-order valence-corrected chi connectivity index (χ1v) is 12.3. The smallest absolute Gasteiger partial charge is 0.249 e. The van der Waals surface area contributed by atoms with Crippen molar-refractivity contribution in [2.45, 2.75) is 25.8 Å². The van der Waals surface area contributed by atoms with Crippen LogP contribution < -0.4 is 9.19 Å². The second-order valence-electron chi connectivity index (χ2n) is 6.67. The van der Waals surface area contributed by atoms with Crippen molar-refractivity contribution in [1.29, 1.82) is 0 Å². The van der Waals surface area contributed by atoms with Crippen molar-refractivity contribution in [1.82, 2.24) is 10.4 Å². The van der Waals surface area contributed by atoms with Gasteiger partial charge in [0.25, 0.3) is 0 Å². The number of sulfonamides is 2. The van der Waals surface area contributed by atoms with Crippen LogP contribution in [-0.2, 0) is 36.2 Å². The van der Waals surface area contributed by atoms with Crippen LogP contribution in [0.5, 0.6) is 0 Å². The summed E-state index contributed by atoms with van der Waals surface area (Å²) in [6.45, 7) is 0.732. The number of hydrogen-bond donors (Lipinski definition) is 2. The molecular weight excluding hydrogens is 422 g/mol. The first kappa shape index (κ1) is 22.8. The molecule has 2 N–H and O–H groups in total. The van der Waals surface area contributed by atoms with Crippen LogP contribution in [0.3, 0.4) is 0 Å². The van der Waals surface area contributed by atoms with Gasteiger partial charge in [0.05, 0.1) is 18.2 Å². The topological polar surface area (TPSA) is 141 Å². The lowest BCUT2D eigenvalue weighted by Crippen LogP contribution is -2.36. The molecule has 1 aliphatic heterocycles. The van der Waals surface area contributed by atoms with Gasteiger partial charge in [-0.25, -0.2) is 22.3 Å². The third-order valence-corrected chi connectivity index (χ3v) is 7.47. The molecule has 12 heteroatoms. The molecule has 0 fully saturated rings. The molecule has 1 aromatic carbocycles. The minimum atomic E-state index is -4.02. The summed E-state index contributed by atoms with van der Waals surface area (Å²) in [5.41, 5.74) is 2.69. The summed E-state index contributed by atoms with van der Waals surface area (Å²) in [6.07, 6.45) is 4.19. The molecule has 1 aromatic rings. The Balaban J connectivity index is 2.13. The summed E-state index contributed by atoms with van der Waals surface area (Å²) in [7, 11) is -8.05. The van der Waals surface area contributed by atoms with Gasteiger partial charge in [-0.1, -0.05) is 18.2 Å². The quantitative estimate of drug-likeness (QED) is 0.435. The highest BCUT2D eigenvalue weighted by atomic mass is 32.3. The molecule has 0 unspecified atom stereocenters. The third-order valence-electron chi connectivity index (χ3n) is 4.22. The van der Waals surface area contributed by atoms with Gasteiger partial charge >= 0.3 is 0 Å². The Kier molecular flexibility index (Phi) is 7.03. The van der Waals surface area contributed by atoms with E-state index in [4.69, 9.17) is 5.21 Å². The van der Waals surface area contributed by atoms with Gasteiger partial charge in [-0.15, -0.1) is 0 Å². The molecule has 10 nitrogen and oxygen atoms in total. The fraction of sp³-hybridized carbons (Fsp3) is 0.412. The Morgan fingerprint density at radius 2 is 1.72 bits per heavy atom. The van der Waals surface area contributed by atoms with Gasteiger partial charge in [0, 0.05) is 25.1 Å². The van der Waals surface area contributed by atoms with Gasteiger partial charge < -0.3 is 4.90 Å². The van der Waals surface area contributed by atoms with E-state index in [1.54, 1.807) is 23.1 Å². The Morgan fingerprint density at radius 1 is 1.14 bits per heavy atom. The molecule has 0 saturated carbocycles. The van der Waals surface area contributed by atoms with E-state index in [1.807, 2.05) is 0 Å². The Labute approximate surface area is 169 Å². The van der Waals surface area contributed by atoms with Gasteiger partial charge in [0.15, 0.2) is 0 Å². The van der Waals surface area contributed by atoms with Crippen LogP contribution in [0.4, 0.5) is 5.69 Å². The van der Waals surface area contributed by atoms with Crippen molar-refractivity contribution in [3.8, 4) is 0 Å². The highest BCUT2D eigenvalue weighted by Gasteiger charge is 2.27. The first-order valence-electron chi connectivity index (χ1n) is 8.64. The van der Waals surface area contributed by atoms with Gasteiger partial charge in [0.2, 0.25) is 31.9 Å². The normalized spacial score (nSPS) is 15.1. The number of rotatable bonds is 8. The zero-order chi connectivity index (χ0) is 21.8. The highest BCUT2D eigenvalue weighted by Crippen LogP contribution is 2.23. The molecular formula is C17H23N3O7S2. The average molecular weight is 446 g/mol. The monoisotopic (exact) mass is 445 g/mol. The van der Waals surface area contributed by atoms with Crippen LogP contribution >= 0.6 is 0 Å². The molecule has 2 rings (SSSR count). The molecule has 0 saturated heterocycles. The standard InChI is InChI=1S/C17H23N3O7S2/c1-28(24,25)20(29(2,26)27)15-8-5-13(6-9-15)12-19-11-3-4-14(17(19)22)7-10-16(21)18-23/h4-6,8-9,23H,3,7,10-12H2,1-2H3,(H,18,21). The Morgan fingerprint density at radius 3 is 2.24 bits per heavy atom. The molecule has 1 aliphatic rings. The Hall–Kier alpha value is -2.44. The molecule has 0 radical (unpaired) electrons. The van der Waals surface area contributed by atoms with Crippen molar-refractivity contribution >= 4 is 37.5 Å². The lowest BCUT2D eigenvalue weighted by molar-refractivity contribution is -0.129. The van der Waals surface area contributed by atoms with E-state index < -0.39 is 26.0 Å².